The molecular formula is C12H12Cl2O2S. The van der Waals surface area contributed by atoms with Gasteiger partial charge in [0.15, 0.2) is 0 Å². The highest BCUT2D eigenvalue weighted by molar-refractivity contribution is 7.85. The summed E-state index contributed by atoms with van der Waals surface area (Å²) in [6, 6.07) is 5.19. The van der Waals surface area contributed by atoms with Gasteiger partial charge in [-0.2, -0.15) is 0 Å². The predicted molar refractivity (Wildman–Crippen MR) is 71.0 cm³/mol. The van der Waals surface area contributed by atoms with Gasteiger partial charge in [0.1, 0.15) is 5.78 Å². The Hall–Kier alpha value is -0.380. The van der Waals surface area contributed by atoms with Crippen LogP contribution >= 0.6 is 23.2 Å². The molecule has 1 aliphatic carbocycles. The molecule has 0 heterocycles. The Morgan fingerprint density at radius 3 is 2.47 bits per heavy atom. The average Bonchev–Trinajstić information content (AvgIpc) is 2.70. The van der Waals surface area contributed by atoms with E-state index in [1.165, 1.54) is 0 Å². The zero-order valence-corrected chi connectivity index (χ0v) is 11.4. The molecule has 0 amide bonds. The van der Waals surface area contributed by atoms with Gasteiger partial charge in [0, 0.05) is 32.8 Å². The summed E-state index contributed by atoms with van der Waals surface area (Å²) in [5.74, 6) is 0.362. The first kappa shape index (κ1) is 13.1. The maximum absolute atomic E-state index is 12.1. The highest BCUT2D eigenvalue weighted by Gasteiger charge is 2.30. The number of hydrogen-bond acceptors (Lipinski definition) is 2. The van der Waals surface area contributed by atoms with E-state index in [-0.39, 0.29) is 16.8 Å². The van der Waals surface area contributed by atoms with Gasteiger partial charge in [0.25, 0.3) is 0 Å². The maximum Gasteiger partial charge on any atom is 0.148 e. The van der Waals surface area contributed by atoms with E-state index in [0.717, 1.165) is 6.42 Å². The molecular weight excluding hydrogens is 279 g/mol. The molecule has 0 saturated heterocycles. The quantitative estimate of drug-likeness (QED) is 0.855. The fourth-order valence-corrected chi connectivity index (χ4v) is 4.30. The third kappa shape index (κ3) is 2.90. The third-order valence-corrected chi connectivity index (χ3v) is 5.33. The lowest BCUT2D eigenvalue weighted by Crippen LogP contribution is -2.21. The summed E-state index contributed by atoms with van der Waals surface area (Å²) in [6.45, 7) is 0. The van der Waals surface area contributed by atoms with Crippen molar-refractivity contribution in [3.63, 3.8) is 0 Å². The standard InChI is InChI=1S/C12H12Cl2O2S/c13-9-3-1-4-10(14)8(9)7-17(16)12-6-2-5-11(12)15/h1,3-4,12H,2,5-7H2. The van der Waals surface area contributed by atoms with Crippen molar-refractivity contribution in [1.29, 1.82) is 0 Å². The number of carbonyl (C=O) groups excluding carboxylic acids is 1. The molecule has 2 rings (SSSR count). The van der Waals surface area contributed by atoms with Crippen molar-refractivity contribution in [3.05, 3.63) is 33.8 Å². The molecule has 2 nitrogen and oxygen atoms in total. The van der Waals surface area contributed by atoms with Crippen LogP contribution in [-0.4, -0.2) is 15.2 Å². The second-order valence-electron chi connectivity index (χ2n) is 4.07. The van der Waals surface area contributed by atoms with Crippen molar-refractivity contribution in [3.8, 4) is 0 Å². The Morgan fingerprint density at radius 1 is 1.29 bits per heavy atom. The summed E-state index contributed by atoms with van der Waals surface area (Å²) in [5.41, 5.74) is 0.675. The Morgan fingerprint density at radius 2 is 1.94 bits per heavy atom. The summed E-state index contributed by atoms with van der Waals surface area (Å²) in [5, 5.41) is 0.690. The van der Waals surface area contributed by atoms with E-state index >= 15 is 0 Å². The highest BCUT2D eigenvalue weighted by Crippen LogP contribution is 2.28. The zero-order valence-electron chi connectivity index (χ0n) is 9.12. The van der Waals surface area contributed by atoms with Crippen molar-refractivity contribution >= 4 is 39.8 Å². The van der Waals surface area contributed by atoms with Crippen LogP contribution in [0.3, 0.4) is 0 Å². The molecule has 1 aromatic carbocycles. The summed E-state index contributed by atoms with van der Waals surface area (Å²) in [6.07, 6.45) is 2.10. The minimum absolute atomic E-state index is 0.103. The molecule has 92 valence electrons. The fourth-order valence-electron chi connectivity index (χ4n) is 1.97. The number of Topliss-reactive ketones (excluding diaryl/α,β-unsaturated/α-hetero) is 1. The predicted octanol–water partition coefficient (Wildman–Crippen LogP) is 3.36. The largest absolute Gasteiger partial charge is 0.298 e. The third-order valence-electron chi connectivity index (χ3n) is 2.91. The van der Waals surface area contributed by atoms with Gasteiger partial charge in [-0.15, -0.1) is 0 Å². The normalized spacial score (nSPS) is 21.8. The van der Waals surface area contributed by atoms with Crippen molar-refractivity contribution in [2.24, 2.45) is 0 Å². The summed E-state index contributed by atoms with van der Waals surface area (Å²) < 4.78 is 12.1. The molecule has 1 saturated carbocycles. The Bertz CT molecular complexity index is 453. The molecule has 17 heavy (non-hydrogen) atoms. The summed E-state index contributed by atoms with van der Waals surface area (Å²) >= 11 is 12.0. The first-order valence-corrected chi connectivity index (χ1v) is 7.56. The number of rotatable bonds is 3. The molecule has 0 N–H and O–H groups in total. The van der Waals surface area contributed by atoms with E-state index < -0.39 is 10.8 Å². The molecule has 1 aliphatic rings. The smallest absolute Gasteiger partial charge is 0.148 e. The van der Waals surface area contributed by atoms with Crippen molar-refractivity contribution in [2.45, 2.75) is 30.3 Å². The van der Waals surface area contributed by atoms with Gasteiger partial charge in [0.05, 0.1) is 11.0 Å². The number of hydrogen-bond donors (Lipinski definition) is 0. The van der Waals surface area contributed by atoms with Gasteiger partial charge in [-0.25, -0.2) is 0 Å². The average molecular weight is 291 g/mol. The lowest BCUT2D eigenvalue weighted by molar-refractivity contribution is -0.117. The number of ketones is 1. The van der Waals surface area contributed by atoms with Gasteiger partial charge in [-0.05, 0) is 25.0 Å². The van der Waals surface area contributed by atoms with Gasteiger partial charge >= 0.3 is 0 Å². The zero-order chi connectivity index (χ0) is 12.4. The van der Waals surface area contributed by atoms with Crippen molar-refractivity contribution in [1.82, 2.24) is 0 Å². The van der Waals surface area contributed by atoms with Crippen LogP contribution in [0.25, 0.3) is 0 Å². The van der Waals surface area contributed by atoms with E-state index in [4.69, 9.17) is 23.2 Å². The second kappa shape index (κ2) is 5.51. The molecule has 0 radical (unpaired) electrons. The minimum Gasteiger partial charge on any atom is -0.298 e. The van der Waals surface area contributed by atoms with Crippen LogP contribution in [0.4, 0.5) is 0 Å². The molecule has 5 heteroatoms. The first-order chi connectivity index (χ1) is 8.09. The number of carbonyl (C=O) groups is 1. The Kier molecular flexibility index (Phi) is 4.23. The van der Waals surface area contributed by atoms with E-state index in [2.05, 4.69) is 0 Å². The molecule has 2 unspecified atom stereocenters. The lowest BCUT2D eigenvalue weighted by atomic mass is 10.2. The highest BCUT2D eigenvalue weighted by atomic mass is 35.5. The maximum atomic E-state index is 12.1. The lowest BCUT2D eigenvalue weighted by Gasteiger charge is -2.10. The van der Waals surface area contributed by atoms with E-state index in [9.17, 15) is 9.00 Å². The van der Waals surface area contributed by atoms with Crippen LogP contribution in [0.1, 0.15) is 24.8 Å². The van der Waals surface area contributed by atoms with E-state index in [1.807, 2.05) is 0 Å². The molecule has 0 bridgehead atoms. The van der Waals surface area contributed by atoms with Crippen molar-refractivity contribution in [2.75, 3.05) is 0 Å². The molecule has 0 aliphatic heterocycles. The van der Waals surface area contributed by atoms with Gasteiger partial charge < -0.3 is 0 Å². The minimum atomic E-state index is -1.22. The number of benzene rings is 1. The van der Waals surface area contributed by atoms with Crippen LogP contribution in [0.5, 0.6) is 0 Å². The monoisotopic (exact) mass is 290 g/mol. The summed E-state index contributed by atoms with van der Waals surface area (Å²) in [7, 11) is -1.22. The van der Waals surface area contributed by atoms with Crippen molar-refractivity contribution < 1.29 is 9.00 Å². The van der Waals surface area contributed by atoms with Gasteiger partial charge in [-0.3, -0.25) is 9.00 Å². The fraction of sp³-hybridized carbons (Fsp3) is 0.417. The van der Waals surface area contributed by atoms with E-state index in [0.29, 0.717) is 28.5 Å². The van der Waals surface area contributed by atoms with Crippen LogP contribution in [0.2, 0.25) is 10.0 Å². The SMILES string of the molecule is O=C1CCCC1S(=O)Cc1c(Cl)cccc1Cl. The van der Waals surface area contributed by atoms with Crippen LogP contribution in [0.15, 0.2) is 18.2 Å². The topological polar surface area (TPSA) is 34.1 Å². The van der Waals surface area contributed by atoms with Crippen LogP contribution in [-0.2, 0) is 21.3 Å². The second-order valence-corrected chi connectivity index (χ2v) is 6.51. The molecule has 1 fully saturated rings. The Labute approximate surface area is 113 Å². The van der Waals surface area contributed by atoms with E-state index in [1.54, 1.807) is 18.2 Å². The molecule has 0 aromatic heterocycles. The summed E-state index contributed by atoms with van der Waals surface area (Å²) in [4.78, 5) is 11.5. The van der Waals surface area contributed by atoms with Gasteiger partial charge in [0.2, 0.25) is 0 Å². The molecule has 2 atom stereocenters. The van der Waals surface area contributed by atoms with Gasteiger partial charge in [-0.1, -0.05) is 29.3 Å². The molecule has 1 aromatic rings. The first-order valence-electron chi connectivity index (χ1n) is 5.42. The Balaban J connectivity index is 2.16. The van der Waals surface area contributed by atoms with Crippen LogP contribution in [0, 0.1) is 0 Å². The van der Waals surface area contributed by atoms with Crippen LogP contribution < -0.4 is 0 Å². The molecule has 0 spiro atoms. The number of halogens is 2.